The van der Waals surface area contributed by atoms with Crippen molar-refractivity contribution in [3.05, 3.63) is 29.8 Å². The van der Waals surface area contributed by atoms with Crippen LogP contribution in [0, 0.1) is 0 Å². The Kier molecular flexibility index (Phi) is 4.13. The molecule has 1 amide bonds. The second kappa shape index (κ2) is 5.80. The summed E-state index contributed by atoms with van der Waals surface area (Å²) < 4.78 is 0. The van der Waals surface area contributed by atoms with Crippen molar-refractivity contribution in [3.8, 4) is 0 Å². The van der Waals surface area contributed by atoms with Gasteiger partial charge in [0.15, 0.2) is 0 Å². The molecule has 1 heterocycles. The third-order valence-electron chi connectivity index (χ3n) is 3.33. The maximum Gasteiger partial charge on any atom is 0.234 e. The number of hydrogen-bond donors (Lipinski definition) is 0. The fourth-order valence-corrected chi connectivity index (χ4v) is 2.21. The fourth-order valence-electron chi connectivity index (χ4n) is 2.21. The molecular formula is C15H19NO2. The van der Waals surface area contributed by atoms with Gasteiger partial charge in [-0.05, 0) is 30.5 Å². The summed E-state index contributed by atoms with van der Waals surface area (Å²) in [5.74, 6) is -0.0247. The molecule has 1 saturated heterocycles. The van der Waals surface area contributed by atoms with Crippen molar-refractivity contribution in [1.82, 2.24) is 0 Å². The number of carbonyl (C=O) groups excluding carboxylic acids is 2. The molecule has 1 aromatic rings. The van der Waals surface area contributed by atoms with Crippen molar-refractivity contribution >= 4 is 17.4 Å². The maximum atomic E-state index is 11.8. The molecule has 3 heteroatoms. The van der Waals surface area contributed by atoms with Crippen LogP contribution in [0.5, 0.6) is 0 Å². The van der Waals surface area contributed by atoms with Crippen molar-refractivity contribution in [2.75, 3.05) is 11.4 Å². The van der Waals surface area contributed by atoms with Crippen LogP contribution in [-0.4, -0.2) is 18.2 Å². The lowest BCUT2D eigenvalue weighted by atomic mass is 10.1. The lowest BCUT2D eigenvalue weighted by molar-refractivity contribution is -0.128. The van der Waals surface area contributed by atoms with Gasteiger partial charge in [-0.1, -0.05) is 25.5 Å². The van der Waals surface area contributed by atoms with E-state index in [9.17, 15) is 9.59 Å². The highest BCUT2D eigenvalue weighted by atomic mass is 16.2. The van der Waals surface area contributed by atoms with Crippen molar-refractivity contribution < 1.29 is 9.59 Å². The van der Waals surface area contributed by atoms with E-state index in [4.69, 9.17) is 0 Å². The molecule has 1 aromatic carbocycles. The molecule has 0 bridgehead atoms. The van der Waals surface area contributed by atoms with E-state index in [-0.39, 0.29) is 18.1 Å². The third kappa shape index (κ3) is 2.97. The minimum absolute atomic E-state index is 0.0517. The monoisotopic (exact) mass is 245 g/mol. The summed E-state index contributed by atoms with van der Waals surface area (Å²) in [7, 11) is 0. The molecule has 18 heavy (non-hydrogen) atoms. The predicted molar refractivity (Wildman–Crippen MR) is 71.6 cm³/mol. The number of anilines is 1. The number of aryl methyl sites for hydroxylation is 1. The van der Waals surface area contributed by atoms with Crippen LogP contribution < -0.4 is 4.90 Å². The highest BCUT2D eigenvalue weighted by molar-refractivity contribution is 6.08. The van der Waals surface area contributed by atoms with Gasteiger partial charge in [0.05, 0.1) is 6.42 Å². The Bertz CT molecular complexity index is 436. The Balaban J connectivity index is 2.05. The smallest absolute Gasteiger partial charge is 0.234 e. The minimum Gasteiger partial charge on any atom is -0.312 e. The largest absolute Gasteiger partial charge is 0.312 e. The topological polar surface area (TPSA) is 37.4 Å². The van der Waals surface area contributed by atoms with Crippen LogP contribution in [0.25, 0.3) is 0 Å². The Morgan fingerprint density at radius 1 is 1.17 bits per heavy atom. The van der Waals surface area contributed by atoms with Gasteiger partial charge in [0, 0.05) is 18.7 Å². The molecule has 1 aliphatic heterocycles. The third-order valence-corrected chi connectivity index (χ3v) is 3.33. The van der Waals surface area contributed by atoms with Crippen LogP contribution >= 0.6 is 0 Å². The Morgan fingerprint density at radius 2 is 1.89 bits per heavy atom. The first-order valence-electron chi connectivity index (χ1n) is 6.61. The number of piperidine rings is 1. The standard InChI is InChI=1S/C15H19NO2/c1-2-3-4-12-5-7-13(8-6-12)16-10-9-14(17)11-15(16)18/h5-8H,2-4,9-11H2,1H3. The minimum atomic E-state index is -0.0763. The highest BCUT2D eigenvalue weighted by Gasteiger charge is 2.24. The fraction of sp³-hybridized carbons (Fsp3) is 0.467. The van der Waals surface area contributed by atoms with Crippen LogP contribution in [0.1, 0.15) is 38.2 Å². The molecule has 3 nitrogen and oxygen atoms in total. The zero-order chi connectivity index (χ0) is 13.0. The van der Waals surface area contributed by atoms with Gasteiger partial charge in [-0.25, -0.2) is 0 Å². The van der Waals surface area contributed by atoms with Crippen molar-refractivity contribution in [3.63, 3.8) is 0 Å². The summed E-state index contributed by atoms with van der Waals surface area (Å²) >= 11 is 0. The number of nitrogens with zero attached hydrogens (tertiary/aromatic N) is 1. The van der Waals surface area contributed by atoms with E-state index in [0.717, 1.165) is 12.1 Å². The normalized spacial score (nSPS) is 16.2. The van der Waals surface area contributed by atoms with Crippen LogP contribution in [0.4, 0.5) is 5.69 Å². The van der Waals surface area contributed by atoms with E-state index in [1.807, 2.05) is 12.1 Å². The molecule has 0 spiro atoms. The second-order valence-electron chi connectivity index (χ2n) is 4.78. The van der Waals surface area contributed by atoms with Gasteiger partial charge in [-0.2, -0.15) is 0 Å². The van der Waals surface area contributed by atoms with Crippen molar-refractivity contribution in [2.24, 2.45) is 0 Å². The summed E-state index contributed by atoms with van der Waals surface area (Å²) in [6.07, 6.45) is 4.00. The summed E-state index contributed by atoms with van der Waals surface area (Å²) in [4.78, 5) is 24.7. The van der Waals surface area contributed by atoms with Gasteiger partial charge >= 0.3 is 0 Å². The lowest BCUT2D eigenvalue weighted by Gasteiger charge is -2.26. The van der Waals surface area contributed by atoms with Crippen LogP contribution in [0.2, 0.25) is 0 Å². The van der Waals surface area contributed by atoms with E-state index in [0.29, 0.717) is 13.0 Å². The molecule has 0 saturated carbocycles. The van der Waals surface area contributed by atoms with E-state index < -0.39 is 0 Å². The van der Waals surface area contributed by atoms with Crippen LogP contribution in [0.15, 0.2) is 24.3 Å². The molecule has 0 atom stereocenters. The van der Waals surface area contributed by atoms with Crippen LogP contribution in [0.3, 0.4) is 0 Å². The Morgan fingerprint density at radius 3 is 2.50 bits per heavy atom. The second-order valence-corrected chi connectivity index (χ2v) is 4.78. The molecule has 0 aromatic heterocycles. The number of ketones is 1. The summed E-state index contributed by atoms with van der Waals surface area (Å²) in [5, 5.41) is 0. The number of benzene rings is 1. The number of hydrogen-bond acceptors (Lipinski definition) is 2. The first-order valence-corrected chi connectivity index (χ1v) is 6.61. The van der Waals surface area contributed by atoms with Gasteiger partial charge in [-0.15, -0.1) is 0 Å². The average Bonchev–Trinajstić information content (AvgIpc) is 2.37. The summed E-state index contributed by atoms with van der Waals surface area (Å²) in [5.41, 5.74) is 2.22. The Hall–Kier alpha value is -1.64. The molecule has 2 rings (SSSR count). The van der Waals surface area contributed by atoms with Gasteiger partial charge < -0.3 is 4.90 Å². The maximum absolute atomic E-state index is 11.8. The molecule has 0 unspecified atom stereocenters. The summed E-state index contributed by atoms with van der Waals surface area (Å²) in [6, 6.07) is 8.13. The molecule has 1 aliphatic rings. The van der Waals surface area contributed by atoms with E-state index >= 15 is 0 Å². The van der Waals surface area contributed by atoms with Gasteiger partial charge in [0.25, 0.3) is 0 Å². The highest BCUT2D eigenvalue weighted by Crippen LogP contribution is 2.20. The van der Waals surface area contributed by atoms with Crippen molar-refractivity contribution in [2.45, 2.75) is 39.0 Å². The average molecular weight is 245 g/mol. The number of rotatable bonds is 4. The molecule has 0 radical (unpaired) electrons. The zero-order valence-corrected chi connectivity index (χ0v) is 10.8. The van der Waals surface area contributed by atoms with Gasteiger partial charge in [-0.3, -0.25) is 9.59 Å². The van der Waals surface area contributed by atoms with Crippen LogP contribution in [-0.2, 0) is 16.0 Å². The predicted octanol–water partition coefficient (Wildman–Crippen LogP) is 2.73. The number of carbonyl (C=O) groups is 2. The first-order chi connectivity index (χ1) is 8.70. The number of Topliss-reactive ketones (excluding diaryl/α,β-unsaturated/α-hetero) is 1. The SMILES string of the molecule is CCCCc1ccc(N2CCC(=O)CC2=O)cc1. The van der Waals surface area contributed by atoms with E-state index in [2.05, 4.69) is 19.1 Å². The molecule has 0 aliphatic carbocycles. The van der Waals surface area contributed by atoms with E-state index in [1.165, 1.54) is 18.4 Å². The zero-order valence-electron chi connectivity index (χ0n) is 10.8. The van der Waals surface area contributed by atoms with E-state index in [1.54, 1.807) is 4.90 Å². The Labute approximate surface area is 108 Å². The molecular weight excluding hydrogens is 226 g/mol. The number of unbranched alkanes of at least 4 members (excludes halogenated alkanes) is 1. The van der Waals surface area contributed by atoms with Gasteiger partial charge in [0.2, 0.25) is 5.91 Å². The lowest BCUT2D eigenvalue weighted by Crippen LogP contribution is -2.38. The quantitative estimate of drug-likeness (QED) is 0.765. The molecule has 0 N–H and O–H groups in total. The van der Waals surface area contributed by atoms with Crippen molar-refractivity contribution in [1.29, 1.82) is 0 Å². The first kappa shape index (κ1) is 12.8. The molecule has 96 valence electrons. The molecule has 1 fully saturated rings. The number of amides is 1. The van der Waals surface area contributed by atoms with Gasteiger partial charge in [0.1, 0.15) is 5.78 Å². The summed E-state index contributed by atoms with van der Waals surface area (Å²) in [6.45, 7) is 2.70.